The summed E-state index contributed by atoms with van der Waals surface area (Å²) < 4.78 is 15.6. The number of methoxy groups -OCH3 is 2. The molecule has 1 unspecified atom stereocenters. The fourth-order valence-electron chi connectivity index (χ4n) is 4.23. The van der Waals surface area contributed by atoms with Gasteiger partial charge in [-0.05, 0) is 56.2 Å². The molecule has 1 aromatic rings. The molecular formula is C21H25NO6. The second-order valence-corrected chi connectivity index (χ2v) is 7.74. The van der Waals surface area contributed by atoms with Gasteiger partial charge in [0.25, 0.3) is 5.91 Å². The number of amides is 1. The summed E-state index contributed by atoms with van der Waals surface area (Å²) in [7, 11) is 2.60. The molecule has 28 heavy (non-hydrogen) atoms. The van der Waals surface area contributed by atoms with E-state index in [2.05, 4.69) is 0 Å². The minimum Gasteiger partial charge on any atom is -0.490 e. The maximum atomic E-state index is 13.3. The Morgan fingerprint density at radius 2 is 1.96 bits per heavy atom. The van der Waals surface area contributed by atoms with Crippen LogP contribution in [-0.4, -0.2) is 49.1 Å². The van der Waals surface area contributed by atoms with Crippen LogP contribution in [0.2, 0.25) is 0 Å². The first-order valence-corrected chi connectivity index (χ1v) is 9.79. The fourth-order valence-corrected chi connectivity index (χ4v) is 4.23. The summed E-state index contributed by atoms with van der Waals surface area (Å²) in [5.41, 5.74) is 1.04. The van der Waals surface area contributed by atoms with E-state index in [0.717, 1.165) is 31.2 Å². The van der Waals surface area contributed by atoms with Gasteiger partial charge in [-0.2, -0.15) is 0 Å². The summed E-state index contributed by atoms with van der Waals surface area (Å²) in [6, 6.07) is 4.84. The summed E-state index contributed by atoms with van der Waals surface area (Å²) in [6.45, 7) is 0. The number of carbonyl (C=O) groups excluding carboxylic acids is 3. The molecule has 1 aromatic carbocycles. The molecule has 2 fully saturated rings. The van der Waals surface area contributed by atoms with Crippen LogP contribution in [0.3, 0.4) is 0 Å². The molecule has 2 aliphatic carbocycles. The van der Waals surface area contributed by atoms with E-state index in [1.54, 1.807) is 11.0 Å². The summed E-state index contributed by atoms with van der Waals surface area (Å²) in [5.74, 6) is -0.438. The van der Waals surface area contributed by atoms with E-state index in [9.17, 15) is 14.4 Å². The highest BCUT2D eigenvalue weighted by Gasteiger charge is 2.61. The van der Waals surface area contributed by atoms with Crippen LogP contribution in [0, 0.1) is 0 Å². The number of hydrogen-bond donors (Lipinski definition) is 0. The van der Waals surface area contributed by atoms with Crippen LogP contribution >= 0.6 is 0 Å². The first kappa shape index (κ1) is 18.8. The number of ether oxygens (including phenoxy) is 3. The maximum absolute atomic E-state index is 13.3. The zero-order chi connectivity index (χ0) is 19.9. The third-order valence-corrected chi connectivity index (χ3v) is 6.12. The van der Waals surface area contributed by atoms with Crippen LogP contribution in [-0.2, 0) is 24.6 Å². The molecule has 1 amide bonds. The second kappa shape index (κ2) is 7.11. The lowest BCUT2D eigenvalue weighted by Gasteiger charge is -2.32. The monoisotopic (exact) mass is 387 g/mol. The molecule has 4 rings (SSSR count). The lowest BCUT2D eigenvalue weighted by Crippen LogP contribution is -2.47. The molecule has 3 aliphatic rings. The molecule has 1 heterocycles. The highest BCUT2D eigenvalue weighted by Crippen LogP contribution is 2.58. The Balaban J connectivity index is 1.62. The fraction of sp³-hybridized carbons (Fsp3) is 0.571. The van der Waals surface area contributed by atoms with E-state index in [-0.39, 0.29) is 24.9 Å². The molecule has 0 aromatic heterocycles. The predicted molar refractivity (Wildman–Crippen MR) is 98.8 cm³/mol. The molecule has 0 radical (unpaired) electrons. The highest BCUT2D eigenvalue weighted by atomic mass is 16.5. The van der Waals surface area contributed by atoms with E-state index in [4.69, 9.17) is 14.2 Å². The number of rotatable bonds is 7. The third-order valence-electron chi connectivity index (χ3n) is 6.12. The number of nitrogens with zero attached hydrogens (tertiary/aromatic N) is 1. The Morgan fingerprint density at radius 3 is 2.54 bits per heavy atom. The minimum absolute atomic E-state index is 0.0442. The van der Waals surface area contributed by atoms with Gasteiger partial charge < -0.3 is 19.1 Å². The third kappa shape index (κ3) is 3.02. The molecule has 2 saturated carbocycles. The van der Waals surface area contributed by atoms with Gasteiger partial charge in [0.05, 0.1) is 25.9 Å². The van der Waals surface area contributed by atoms with Gasteiger partial charge >= 0.3 is 11.9 Å². The zero-order valence-corrected chi connectivity index (χ0v) is 16.2. The Kier molecular flexibility index (Phi) is 4.77. The van der Waals surface area contributed by atoms with E-state index in [1.165, 1.54) is 20.6 Å². The quantitative estimate of drug-likeness (QED) is 0.669. The molecular weight excluding hydrogens is 362 g/mol. The van der Waals surface area contributed by atoms with Gasteiger partial charge in [0, 0.05) is 12.0 Å². The summed E-state index contributed by atoms with van der Waals surface area (Å²) >= 11 is 0. The Bertz CT molecular complexity index is 811. The second-order valence-electron chi connectivity index (χ2n) is 7.74. The van der Waals surface area contributed by atoms with Crippen molar-refractivity contribution in [3.8, 4) is 5.75 Å². The maximum Gasteiger partial charge on any atom is 0.328 e. The molecule has 1 atom stereocenters. The van der Waals surface area contributed by atoms with Gasteiger partial charge in [-0.1, -0.05) is 6.07 Å². The molecule has 7 heteroatoms. The van der Waals surface area contributed by atoms with Crippen molar-refractivity contribution in [1.29, 1.82) is 0 Å². The van der Waals surface area contributed by atoms with Crippen molar-refractivity contribution >= 4 is 17.8 Å². The van der Waals surface area contributed by atoms with Gasteiger partial charge in [0.2, 0.25) is 0 Å². The van der Waals surface area contributed by atoms with Gasteiger partial charge in [-0.25, -0.2) is 4.79 Å². The summed E-state index contributed by atoms with van der Waals surface area (Å²) in [4.78, 5) is 39.0. The van der Waals surface area contributed by atoms with Crippen molar-refractivity contribution < 1.29 is 28.6 Å². The average molecular weight is 387 g/mol. The van der Waals surface area contributed by atoms with E-state index >= 15 is 0 Å². The van der Waals surface area contributed by atoms with Gasteiger partial charge in [-0.3, -0.25) is 9.59 Å². The van der Waals surface area contributed by atoms with Crippen LogP contribution in [0.4, 0.5) is 0 Å². The molecule has 1 aliphatic heterocycles. The first-order valence-electron chi connectivity index (χ1n) is 9.79. The normalized spacial score (nSPS) is 20.4. The molecule has 150 valence electrons. The van der Waals surface area contributed by atoms with Crippen LogP contribution in [0.25, 0.3) is 0 Å². The standard InChI is InChI=1S/C21H25NO6/c1-26-18(23)9-8-17(20(25)27-2)22-19(24)15-12-14(28-13-4-3-5-13)6-7-16(15)21(22)10-11-21/h6-7,12-13,17H,3-5,8-11H2,1-2H3. The number of fused-ring (bicyclic) bond motifs is 2. The minimum atomic E-state index is -0.817. The van der Waals surface area contributed by atoms with Crippen LogP contribution in [0.1, 0.15) is 60.9 Å². The zero-order valence-electron chi connectivity index (χ0n) is 16.2. The number of carbonyl (C=O) groups is 3. The molecule has 0 N–H and O–H groups in total. The van der Waals surface area contributed by atoms with E-state index < -0.39 is 23.5 Å². The Hall–Kier alpha value is -2.57. The van der Waals surface area contributed by atoms with Gasteiger partial charge in [0.15, 0.2) is 0 Å². The molecule has 7 nitrogen and oxygen atoms in total. The van der Waals surface area contributed by atoms with Crippen molar-refractivity contribution in [1.82, 2.24) is 4.90 Å². The summed E-state index contributed by atoms with van der Waals surface area (Å²) in [5, 5.41) is 0. The molecule has 1 spiro atoms. The van der Waals surface area contributed by atoms with Crippen molar-refractivity contribution in [2.24, 2.45) is 0 Å². The summed E-state index contributed by atoms with van der Waals surface area (Å²) in [6.07, 6.45) is 5.28. The highest BCUT2D eigenvalue weighted by molar-refractivity contribution is 6.03. The van der Waals surface area contributed by atoms with Gasteiger partial charge in [0.1, 0.15) is 11.8 Å². The SMILES string of the molecule is COC(=O)CCC(C(=O)OC)N1C(=O)c2cc(OC3CCC3)ccc2C12CC2. The lowest BCUT2D eigenvalue weighted by atomic mass is 9.96. The van der Waals surface area contributed by atoms with Crippen molar-refractivity contribution in [2.75, 3.05) is 14.2 Å². The number of esters is 2. The van der Waals surface area contributed by atoms with E-state index in [1.807, 2.05) is 12.1 Å². The number of hydrogen-bond acceptors (Lipinski definition) is 6. The van der Waals surface area contributed by atoms with Crippen molar-refractivity contribution in [3.05, 3.63) is 29.3 Å². The Morgan fingerprint density at radius 1 is 1.21 bits per heavy atom. The van der Waals surface area contributed by atoms with Crippen LogP contribution in [0.15, 0.2) is 18.2 Å². The van der Waals surface area contributed by atoms with Crippen LogP contribution in [0.5, 0.6) is 5.75 Å². The average Bonchev–Trinajstić information content (AvgIpc) is 3.43. The topological polar surface area (TPSA) is 82.1 Å². The largest absolute Gasteiger partial charge is 0.490 e. The van der Waals surface area contributed by atoms with Gasteiger partial charge in [-0.15, -0.1) is 0 Å². The first-order chi connectivity index (χ1) is 13.5. The Labute approximate surface area is 163 Å². The van der Waals surface area contributed by atoms with E-state index in [0.29, 0.717) is 11.3 Å². The smallest absolute Gasteiger partial charge is 0.328 e. The van der Waals surface area contributed by atoms with Crippen LogP contribution < -0.4 is 4.74 Å². The molecule has 0 bridgehead atoms. The molecule has 0 saturated heterocycles. The van der Waals surface area contributed by atoms with Crippen molar-refractivity contribution in [3.63, 3.8) is 0 Å². The van der Waals surface area contributed by atoms with Crippen molar-refractivity contribution in [2.45, 2.75) is 62.6 Å². The lowest BCUT2D eigenvalue weighted by molar-refractivity contribution is -0.148. The number of benzene rings is 1. The predicted octanol–water partition coefficient (Wildman–Crippen LogP) is 2.56.